The van der Waals surface area contributed by atoms with Crippen LogP contribution in [-0.2, 0) is 22.9 Å². The SMILES string of the molecule is CCC(OC(=O)C=CC(=O)O)[Si]1(O[Si](C)(C)C)CCC(C)(C)O[Si]1(C)C. The maximum Gasteiger partial charge on any atom is 0.331 e. The number of rotatable bonds is 7. The Kier molecular flexibility index (Phi) is 7.25. The van der Waals surface area contributed by atoms with Gasteiger partial charge in [0.15, 0.2) is 8.32 Å². The molecule has 0 aliphatic carbocycles. The van der Waals surface area contributed by atoms with Gasteiger partial charge in [-0.2, -0.15) is 0 Å². The third kappa shape index (κ3) is 5.88. The van der Waals surface area contributed by atoms with Crippen LogP contribution in [0.1, 0.15) is 33.6 Å². The second kappa shape index (κ2) is 8.09. The van der Waals surface area contributed by atoms with Crippen LogP contribution in [0.3, 0.4) is 0 Å². The van der Waals surface area contributed by atoms with Crippen molar-refractivity contribution in [2.45, 2.75) is 83.7 Å². The summed E-state index contributed by atoms with van der Waals surface area (Å²) in [6.45, 7) is 17.0. The van der Waals surface area contributed by atoms with E-state index < -0.39 is 35.9 Å². The van der Waals surface area contributed by atoms with Crippen LogP contribution < -0.4 is 0 Å². The summed E-state index contributed by atoms with van der Waals surface area (Å²) in [5, 5.41) is 8.73. The van der Waals surface area contributed by atoms with Gasteiger partial charge in [-0.05, 0) is 65.5 Å². The standard InChI is InChI=1S/C17H34O6Si3/c1-9-16(21-15(20)11-10-14(18)19)26(23-24(4,5)6)13-12-17(2,3)22-25(26,7)8/h10-11,16H,9,12-13H2,1-8H3,(H,18,19). The van der Waals surface area contributed by atoms with Crippen molar-refractivity contribution in [3.8, 4) is 0 Å². The Balaban J connectivity index is 3.26. The Morgan fingerprint density at radius 2 is 1.85 bits per heavy atom. The van der Waals surface area contributed by atoms with Gasteiger partial charge >= 0.3 is 11.9 Å². The monoisotopic (exact) mass is 418 g/mol. The highest BCUT2D eigenvalue weighted by Crippen LogP contribution is 2.44. The predicted molar refractivity (Wildman–Crippen MR) is 109 cm³/mol. The van der Waals surface area contributed by atoms with Gasteiger partial charge in [0, 0.05) is 12.2 Å². The Labute approximate surface area is 160 Å². The number of carbonyl (C=O) groups is 2. The normalized spacial score (nSPS) is 26.5. The minimum Gasteiger partial charge on any atom is -0.478 e. The number of carboxylic acid groups (broad SMARTS) is 1. The summed E-state index contributed by atoms with van der Waals surface area (Å²) in [5.41, 5.74) is -0.529. The highest BCUT2D eigenvalue weighted by Gasteiger charge is 2.64. The summed E-state index contributed by atoms with van der Waals surface area (Å²) in [7, 11) is -6.71. The van der Waals surface area contributed by atoms with E-state index in [-0.39, 0.29) is 11.3 Å². The molecule has 0 saturated carbocycles. The number of hydrogen-bond acceptors (Lipinski definition) is 5. The zero-order valence-corrected chi connectivity index (χ0v) is 20.3. The molecule has 0 spiro atoms. The maximum absolute atomic E-state index is 12.2. The maximum atomic E-state index is 12.2. The summed E-state index contributed by atoms with van der Waals surface area (Å²) in [6, 6.07) is 0.901. The Hall–Kier alpha value is -0.749. The molecular weight excluding hydrogens is 384 g/mol. The number of carboxylic acids is 1. The van der Waals surface area contributed by atoms with E-state index in [4.69, 9.17) is 18.4 Å². The number of hydrogen-bond donors (Lipinski definition) is 1. The molecule has 1 aliphatic rings. The van der Waals surface area contributed by atoms with Crippen molar-refractivity contribution in [1.29, 1.82) is 0 Å². The minimum atomic E-state index is -2.53. The molecule has 26 heavy (non-hydrogen) atoms. The number of esters is 1. The summed E-state index contributed by atoms with van der Waals surface area (Å²) in [4.78, 5) is 22.9. The van der Waals surface area contributed by atoms with Crippen molar-refractivity contribution >= 4 is 35.9 Å². The lowest BCUT2D eigenvalue weighted by atomic mass is 10.1. The van der Waals surface area contributed by atoms with Crippen LogP contribution in [0.4, 0.5) is 0 Å². The molecule has 0 aromatic heterocycles. The molecule has 6 nitrogen and oxygen atoms in total. The van der Waals surface area contributed by atoms with E-state index >= 15 is 0 Å². The van der Waals surface area contributed by atoms with E-state index in [1.165, 1.54) is 0 Å². The molecule has 0 amide bonds. The van der Waals surface area contributed by atoms with E-state index in [9.17, 15) is 9.59 Å². The highest BCUT2D eigenvalue weighted by molar-refractivity contribution is 7.38. The van der Waals surface area contributed by atoms with Crippen molar-refractivity contribution in [3.05, 3.63) is 12.2 Å². The lowest BCUT2D eigenvalue weighted by Crippen LogP contribution is -2.76. The smallest absolute Gasteiger partial charge is 0.331 e. The fourth-order valence-electron chi connectivity index (χ4n) is 3.78. The van der Waals surface area contributed by atoms with Crippen molar-refractivity contribution in [2.24, 2.45) is 0 Å². The molecule has 0 radical (unpaired) electrons. The van der Waals surface area contributed by atoms with Crippen molar-refractivity contribution in [2.75, 3.05) is 0 Å². The second-order valence-electron chi connectivity index (χ2n) is 8.98. The predicted octanol–water partition coefficient (Wildman–Crippen LogP) is 3.77. The average molecular weight is 419 g/mol. The molecule has 1 rings (SSSR count). The first-order valence-corrected chi connectivity index (χ1v) is 18.7. The van der Waals surface area contributed by atoms with Crippen LogP contribution in [0.5, 0.6) is 0 Å². The van der Waals surface area contributed by atoms with Crippen molar-refractivity contribution in [1.82, 2.24) is 0 Å². The molecular formula is C17H34O6Si3. The zero-order valence-electron chi connectivity index (χ0n) is 17.3. The fourth-order valence-corrected chi connectivity index (χ4v) is 27.0. The number of ether oxygens (including phenoxy) is 1. The van der Waals surface area contributed by atoms with E-state index in [0.29, 0.717) is 6.42 Å². The molecule has 1 heterocycles. The van der Waals surface area contributed by atoms with E-state index in [1.807, 2.05) is 6.92 Å². The van der Waals surface area contributed by atoms with Gasteiger partial charge in [0.05, 0.1) is 5.60 Å². The van der Waals surface area contributed by atoms with Crippen molar-refractivity contribution in [3.63, 3.8) is 0 Å². The molecule has 1 saturated heterocycles. The van der Waals surface area contributed by atoms with Crippen LogP contribution in [0.15, 0.2) is 12.2 Å². The van der Waals surface area contributed by atoms with Gasteiger partial charge in [-0.25, -0.2) is 9.59 Å². The van der Waals surface area contributed by atoms with Gasteiger partial charge in [0.1, 0.15) is 5.73 Å². The summed E-state index contributed by atoms with van der Waals surface area (Å²) in [5.74, 6) is -1.79. The molecule has 1 N–H and O–H groups in total. The topological polar surface area (TPSA) is 82.1 Å². The molecule has 2 atom stereocenters. The molecule has 1 aliphatic heterocycles. The first-order valence-electron chi connectivity index (χ1n) is 9.16. The van der Waals surface area contributed by atoms with Gasteiger partial charge < -0.3 is 18.4 Å². The molecule has 0 bridgehead atoms. The van der Waals surface area contributed by atoms with Crippen LogP contribution in [0.25, 0.3) is 0 Å². The molecule has 9 heteroatoms. The summed E-state index contributed by atoms with van der Waals surface area (Å²) >= 11 is 0. The van der Waals surface area contributed by atoms with Crippen LogP contribution in [0, 0.1) is 0 Å². The van der Waals surface area contributed by atoms with E-state index in [2.05, 4.69) is 46.6 Å². The summed E-state index contributed by atoms with van der Waals surface area (Å²) in [6.07, 6.45) is 3.30. The minimum absolute atomic E-state index is 0.194. The van der Waals surface area contributed by atoms with Crippen LogP contribution in [0.2, 0.25) is 38.8 Å². The van der Waals surface area contributed by atoms with Crippen LogP contribution >= 0.6 is 0 Å². The zero-order chi connectivity index (χ0) is 20.4. The molecule has 0 aromatic carbocycles. The first kappa shape index (κ1) is 23.3. The van der Waals surface area contributed by atoms with Gasteiger partial charge in [-0.1, -0.05) is 6.92 Å². The van der Waals surface area contributed by atoms with Gasteiger partial charge in [0.2, 0.25) is 15.7 Å². The van der Waals surface area contributed by atoms with Gasteiger partial charge in [-0.15, -0.1) is 0 Å². The largest absolute Gasteiger partial charge is 0.478 e. The Morgan fingerprint density at radius 1 is 1.27 bits per heavy atom. The number of aliphatic carboxylic acids is 1. The third-order valence-electron chi connectivity index (χ3n) is 4.65. The first-order chi connectivity index (χ1) is 11.6. The van der Waals surface area contributed by atoms with Gasteiger partial charge in [0.25, 0.3) is 0 Å². The van der Waals surface area contributed by atoms with Gasteiger partial charge in [-0.3, -0.25) is 0 Å². The Morgan fingerprint density at radius 3 is 2.27 bits per heavy atom. The van der Waals surface area contributed by atoms with Crippen molar-refractivity contribution < 1.29 is 28.0 Å². The second-order valence-corrected chi connectivity index (χ2v) is 26.3. The lowest BCUT2D eigenvalue weighted by molar-refractivity contribution is -0.141. The third-order valence-corrected chi connectivity index (χ3v) is 23.3. The molecule has 0 aromatic rings. The highest BCUT2D eigenvalue weighted by atomic mass is 29.3. The van der Waals surface area contributed by atoms with E-state index in [0.717, 1.165) is 24.6 Å². The fraction of sp³-hybridized carbons (Fsp3) is 0.765. The van der Waals surface area contributed by atoms with E-state index in [1.54, 1.807) is 0 Å². The molecule has 2 unspecified atom stereocenters. The van der Waals surface area contributed by atoms with Crippen LogP contribution in [-0.4, -0.2) is 52.4 Å². The lowest BCUT2D eigenvalue weighted by Gasteiger charge is -2.55. The average Bonchev–Trinajstić information content (AvgIpc) is 2.43. The quantitative estimate of drug-likeness (QED) is 0.385. The summed E-state index contributed by atoms with van der Waals surface area (Å²) < 4.78 is 19.2. The number of carbonyl (C=O) groups excluding carboxylic acids is 1. The Bertz CT molecular complexity index is 567. The molecule has 150 valence electrons. The molecule has 1 fully saturated rings.